The third-order valence-electron chi connectivity index (χ3n) is 11.2. The molecule has 1 N–H and O–H groups in total. The van der Waals surface area contributed by atoms with Gasteiger partial charge in [0.15, 0.2) is 0 Å². The Hall–Kier alpha value is -0.250. The van der Waals surface area contributed by atoms with Crippen molar-refractivity contribution in [3.05, 3.63) is 0 Å². The molecule has 0 saturated heterocycles. The van der Waals surface area contributed by atoms with Crippen LogP contribution in [0.5, 0.6) is 0 Å². The maximum absolute atomic E-state index is 13.0. The second kappa shape index (κ2) is 8.51. The van der Waals surface area contributed by atoms with Gasteiger partial charge in [-0.25, -0.2) is 0 Å². The van der Waals surface area contributed by atoms with E-state index in [9.17, 15) is 18.3 Å². The fraction of sp³-hybridized carbons (Fsp3) is 1.00. The van der Waals surface area contributed by atoms with Gasteiger partial charge in [-0.3, -0.25) is 0 Å². The zero-order chi connectivity index (χ0) is 22.6. The number of fused-ring (bicyclic) bond motifs is 5. The first-order valence-electron chi connectivity index (χ1n) is 13.2. The molecule has 4 saturated carbocycles. The number of hydrogen-bond donors (Lipinski definition) is 1. The van der Waals surface area contributed by atoms with Gasteiger partial charge in [-0.05, 0) is 117 Å². The molecular weight excluding hydrogens is 397 g/mol. The van der Waals surface area contributed by atoms with Gasteiger partial charge in [0, 0.05) is 0 Å². The Balaban J connectivity index is 1.46. The van der Waals surface area contributed by atoms with E-state index >= 15 is 0 Å². The van der Waals surface area contributed by atoms with Crippen LogP contribution in [0, 0.1) is 52.3 Å². The lowest BCUT2D eigenvalue weighted by atomic mass is 9.46. The van der Waals surface area contributed by atoms with Crippen molar-refractivity contribution < 1.29 is 18.3 Å². The van der Waals surface area contributed by atoms with Crippen molar-refractivity contribution in [2.24, 2.45) is 52.3 Å². The molecule has 0 spiro atoms. The second-order valence-electron chi connectivity index (χ2n) is 12.7. The van der Waals surface area contributed by atoms with Gasteiger partial charge in [0.1, 0.15) is 0 Å². The first-order chi connectivity index (χ1) is 14.5. The predicted octanol–water partition coefficient (Wildman–Crippen LogP) is 8.01. The van der Waals surface area contributed by atoms with Crippen LogP contribution in [-0.2, 0) is 0 Å². The summed E-state index contributed by atoms with van der Waals surface area (Å²) >= 11 is 0. The molecule has 0 amide bonds. The highest BCUT2D eigenvalue weighted by atomic mass is 19.4. The molecule has 0 bridgehead atoms. The minimum absolute atomic E-state index is 0.104. The van der Waals surface area contributed by atoms with Gasteiger partial charge < -0.3 is 5.11 Å². The smallest absolute Gasteiger partial charge is 0.391 e. The molecule has 4 rings (SSSR count). The summed E-state index contributed by atoms with van der Waals surface area (Å²) in [6, 6.07) is 0. The van der Waals surface area contributed by atoms with E-state index in [2.05, 4.69) is 20.8 Å². The molecule has 0 aromatic heterocycles. The third kappa shape index (κ3) is 4.21. The number of hydrogen-bond acceptors (Lipinski definition) is 1. The average Bonchev–Trinajstić information content (AvgIpc) is 2.96. The van der Waals surface area contributed by atoms with Crippen LogP contribution in [0.2, 0.25) is 0 Å². The summed E-state index contributed by atoms with van der Waals surface area (Å²) in [5.74, 6) is 2.80. The summed E-state index contributed by atoms with van der Waals surface area (Å²) in [5, 5.41) is 10.4. The molecule has 0 heterocycles. The van der Waals surface area contributed by atoms with Gasteiger partial charge in [-0.15, -0.1) is 0 Å². The highest BCUT2D eigenvalue weighted by Crippen LogP contribution is 2.68. The molecule has 4 aliphatic rings. The first kappa shape index (κ1) is 23.9. The van der Waals surface area contributed by atoms with Crippen LogP contribution in [0.3, 0.4) is 0 Å². The Kier molecular flexibility index (Phi) is 6.56. The highest BCUT2D eigenvalue weighted by Gasteiger charge is 2.60. The second-order valence-corrected chi connectivity index (χ2v) is 12.7. The Morgan fingerprint density at radius 2 is 1.58 bits per heavy atom. The summed E-state index contributed by atoms with van der Waals surface area (Å²) in [4.78, 5) is 0. The van der Waals surface area contributed by atoms with Crippen LogP contribution in [0.15, 0.2) is 0 Å². The summed E-state index contributed by atoms with van der Waals surface area (Å²) in [6.07, 6.45) is 8.86. The molecule has 1 nitrogen and oxygen atoms in total. The summed E-state index contributed by atoms with van der Waals surface area (Å²) in [7, 11) is 0. The van der Waals surface area contributed by atoms with Crippen LogP contribution >= 0.6 is 0 Å². The molecule has 9 unspecified atom stereocenters. The monoisotopic (exact) mass is 442 g/mol. The summed E-state index contributed by atoms with van der Waals surface area (Å²) < 4.78 is 39.0. The lowest BCUT2D eigenvalue weighted by Gasteiger charge is -2.59. The number of alkyl halides is 3. The fourth-order valence-corrected chi connectivity index (χ4v) is 9.33. The molecular formula is C27H45F3O. The van der Waals surface area contributed by atoms with Crippen molar-refractivity contribution in [1.29, 1.82) is 0 Å². The molecule has 0 aromatic rings. The summed E-state index contributed by atoms with van der Waals surface area (Å²) in [5.41, 5.74) is 0.697. The van der Waals surface area contributed by atoms with Gasteiger partial charge >= 0.3 is 6.18 Å². The fourth-order valence-electron chi connectivity index (χ4n) is 9.33. The molecule has 10 atom stereocenters. The summed E-state index contributed by atoms with van der Waals surface area (Å²) in [6.45, 7) is 8.63. The number of halogens is 3. The number of rotatable bonds is 4. The highest BCUT2D eigenvalue weighted by molar-refractivity contribution is 5.09. The van der Waals surface area contributed by atoms with E-state index in [1.807, 2.05) is 0 Å². The van der Waals surface area contributed by atoms with E-state index in [0.717, 1.165) is 37.0 Å². The molecule has 180 valence electrons. The Morgan fingerprint density at radius 3 is 2.29 bits per heavy atom. The van der Waals surface area contributed by atoms with E-state index in [4.69, 9.17) is 0 Å². The molecule has 31 heavy (non-hydrogen) atoms. The average molecular weight is 443 g/mol. The van der Waals surface area contributed by atoms with Gasteiger partial charge in [0.25, 0.3) is 0 Å². The van der Waals surface area contributed by atoms with Crippen molar-refractivity contribution in [1.82, 2.24) is 0 Å². The SMILES string of the molecule is CC(CC[C@@H](C)C1CCC2C3CCC4CC(O)CCCC4(C)C3CCC21C)C(F)(F)F. The number of aliphatic hydroxyl groups is 1. The van der Waals surface area contributed by atoms with Crippen LogP contribution < -0.4 is 0 Å². The normalized spacial score (nSPS) is 47.6. The molecule has 0 aromatic carbocycles. The maximum atomic E-state index is 13.0. The zero-order valence-electron chi connectivity index (χ0n) is 20.2. The van der Waals surface area contributed by atoms with E-state index in [0.29, 0.717) is 35.0 Å². The van der Waals surface area contributed by atoms with Crippen LogP contribution in [0.25, 0.3) is 0 Å². The molecule has 4 aliphatic carbocycles. The first-order valence-corrected chi connectivity index (χ1v) is 13.2. The largest absolute Gasteiger partial charge is 0.393 e. The standard InChI is InChI=1S/C27H45F3O/c1-17(7-8-18(2)27(28,29)30)22-11-12-23-21-10-9-19-16-20(31)6-5-14-25(19,3)24(21)13-15-26(22,23)4/h17-24,31H,5-16H2,1-4H3/t17-,18?,19?,20?,21?,22?,23?,24?,25?,26?/m1/s1. The minimum atomic E-state index is -4.06. The maximum Gasteiger partial charge on any atom is 0.391 e. The van der Waals surface area contributed by atoms with E-state index < -0.39 is 12.1 Å². The zero-order valence-corrected chi connectivity index (χ0v) is 20.2. The van der Waals surface area contributed by atoms with Crippen molar-refractivity contribution in [2.45, 2.75) is 117 Å². The molecule has 0 radical (unpaired) electrons. The molecule has 0 aliphatic heterocycles. The van der Waals surface area contributed by atoms with E-state index in [1.54, 1.807) is 0 Å². The Morgan fingerprint density at radius 1 is 0.871 bits per heavy atom. The Labute approximate surface area is 187 Å². The minimum Gasteiger partial charge on any atom is -0.393 e. The van der Waals surface area contributed by atoms with Crippen LogP contribution in [0.1, 0.15) is 105 Å². The van der Waals surface area contributed by atoms with Gasteiger partial charge in [-0.1, -0.05) is 34.1 Å². The van der Waals surface area contributed by atoms with Gasteiger partial charge in [0.2, 0.25) is 0 Å². The van der Waals surface area contributed by atoms with Crippen LogP contribution in [-0.4, -0.2) is 17.4 Å². The molecule has 4 heteroatoms. The molecule has 4 fully saturated rings. The quantitative estimate of drug-likeness (QED) is 0.467. The Bertz CT molecular complexity index is 632. The third-order valence-corrected chi connectivity index (χ3v) is 11.2. The predicted molar refractivity (Wildman–Crippen MR) is 119 cm³/mol. The van der Waals surface area contributed by atoms with Gasteiger partial charge in [-0.2, -0.15) is 13.2 Å². The lowest BCUT2D eigenvalue weighted by molar-refractivity contribution is -0.172. The van der Waals surface area contributed by atoms with Crippen molar-refractivity contribution in [3.8, 4) is 0 Å². The van der Waals surface area contributed by atoms with Gasteiger partial charge in [0.05, 0.1) is 12.0 Å². The van der Waals surface area contributed by atoms with Crippen molar-refractivity contribution in [3.63, 3.8) is 0 Å². The van der Waals surface area contributed by atoms with Crippen molar-refractivity contribution >= 4 is 0 Å². The lowest BCUT2D eigenvalue weighted by Crippen LogP contribution is -2.52. The van der Waals surface area contributed by atoms with Crippen molar-refractivity contribution in [2.75, 3.05) is 0 Å². The number of aliphatic hydroxyl groups excluding tert-OH is 1. The van der Waals surface area contributed by atoms with E-state index in [-0.39, 0.29) is 12.5 Å². The van der Waals surface area contributed by atoms with Crippen LogP contribution in [0.4, 0.5) is 13.2 Å². The topological polar surface area (TPSA) is 20.2 Å². The van der Waals surface area contributed by atoms with E-state index in [1.165, 1.54) is 51.9 Å².